The molecule has 5 nitrogen and oxygen atoms in total. The number of hydrogen-bond acceptors (Lipinski definition) is 4. The third-order valence-corrected chi connectivity index (χ3v) is 5.89. The monoisotopic (exact) mass is 374 g/mol. The van der Waals surface area contributed by atoms with E-state index < -0.39 is 0 Å². The summed E-state index contributed by atoms with van der Waals surface area (Å²) in [6.07, 6.45) is 3.74. The van der Waals surface area contributed by atoms with Crippen molar-refractivity contribution in [3.8, 4) is 0 Å². The normalized spacial score (nSPS) is 12.2. The van der Waals surface area contributed by atoms with Crippen molar-refractivity contribution in [3.63, 3.8) is 0 Å². The van der Waals surface area contributed by atoms with Gasteiger partial charge in [-0.15, -0.1) is 0 Å². The first-order chi connectivity index (χ1) is 12.0. The van der Waals surface area contributed by atoms with Crippen molar-refractivity contribution >= 4 is 39.2 Å². The van der Waals surface area contributed by atoms with Gasteiger partial charge in [-0.1, -0.05) is 17.4 Å². The highest BCUT2D eigenvalue weighted by atomic mass is 32.2. The fourth-order valence-corrected chi connectivity index (χ4v) is 4.38. The Kier molecular flexibility index (Phi) is 5.44. The van der Waals surface area contributed by atoms with Crippen LogP contribution >= 0.6 is 23.1 Å². The fraction of sp³-hybridized carbons (Fsp3) is 0.389. The largest absolute Gasteiger partial charge is 0.315 e. The number of hydrogen-bond donors (Lipinski definition) is 0. The van der Waals surface area contributed by atoms with Crippen molar-refractivity contribution in [2.24, 2.45) is 4.99 Å². The van der Waals surface area contributed by atoms with Crippen molar-refractivity contribution in [2.75, 3.05) is 12.0 Å². The number of thiazole rings is 1. The molecule has 0 aliphatic heterocycles. The molecule has 0 saturated carbocycles. The second-order valence-electron chi connectivity index (χ2n) is 5.91. The van der Waals surface area contributed by atoms with Gasteiger partial charge in [-0.05, 0) is 50.3 Å². The number of aryl methyl sites for hydroxylation is 4. The van der Waals surface area contributed by atoms with E-state index in [9.17, 15) is 4.79 Å². The first kappa shape index (κ1) is 17.9. The number of rotatable bonds is 5. The van der Waals surface area contributed by atoms with E-state index in [2.05, 4.69) is 46.9 Å². The maximum atomic E-state index is 12.7. The van der Waals surface area contributed by atoms with Gasteiger partial charge >= 0.3 is 0 Å². The highest BCUT2D eigenvalue weighted by Crippen LogP contribution is 2.23. The summed E-state index contributed by atoms with van der Waals surface area (Å²) >= 11 is 3.38. The summed E-state index contributed by atoms with van der Waals surface area (Å²) in [5.41, 5.74) is 4.14. The number of thioether (sulfide) groups is 1. The Labute approximate surface area is 155 Å². The van der Waals surface area contributed by atoms with Gasteiger partial charge in [-0.25, -0.2) is 0 Å². The zero-order valence-electron chi connectivity index (χ0n) is 14.9. The van der Waals surface area contributed by atoms with Gasteiger partial charge < -0.3 is 4.57 Å². The number of benzene rings is 1. The standard InChI is InChI=1S/C18H22N4OS2/c1-5-22-14(6-7-19-22)17(23)20-18-21(8-9-24-4)15-11-12(2)10-13(3)16(15)25-18/h6-7,10-11H,5,8-9H2,1-4H3. The Hall–Kier alpha value is -1.86. The minimum Gasteiger partial charge on any atom is -0.315 e. The van der Waals surface area contributed by atoms with Crippen LogP contribution < -0.4 is 4.80 Å². The summed E-state index contributed by atoms with van der Waals surface area (Å²) in [4.78, 5) is 17.9. The molecule has 0 atom stereocenters. The van der Waals surface area contributed by atoms with Crippen LogP contribution in [0.2, 0.25) is 0 Å². The van der Waals surface area contributed by atoms with E-state index >= 15 is 0 Å². The predicted molar refractivity (Wildman–Crippen MR) is 105 cm³/mol. The molecule has 25 heavy (non-hydrogen) atoms. The van der Waals surface area contributed by atoms with E-state index in [1.54, 1.807) is 40.0 Å². The van der Waals surface area contributed by atoms with Crippen LogP contribution in [0.25, 0.3) is 10.2 Å². The van der Waals surface area contributed by atoms with Gasteiger partial charge in [0.15, 0.2) is 4.80 Å². The van der Waals surface area contributed by atoms with Crippen LogP contribution in [0.4, 0.5) is 0 Å². The van der Waals surface area contributed by atoms with Gasteiger partial charge in [-0.3, -0.25) is 9.48 Å². The summed E-state index contributed by atoms with van der Waals surface area (Å²) in [6.45, 7) is 7.67. The zero-order valence-corrected chi connectivity index (χ0v) is 16.6. The van der Waals surface area contributed by atoms with Crippen molar-refractivity contribution < 1.29 is 4.79 Å². The average Bonchev–Trinajstić information content (AvgIpc) is 3.18. The maximum absolute atomic E-state index is 12.7. The average molecular weight is 375 g/mol. The van der Waals surface area contributed by atoms with E-state index in [1.165, 1.54) is 15.8 Å². The van der Waals surface area contributed by atoms with E-state index in [1.807, 2.05) is 6.92 Å². The van der Waals surface area contributed by atoms with E-state index in [0.29, 0.717) is 12.2 Å². The van der Waals surface area contributed by atoms with E-state index in [-0.39, 0.29) is 5.91 Å². The Morgan fingerprint density at radius 2 is 2.16 bits per heavy atom. The summed E-state index contributed by atoms with van der Waals surface area (Å²) in [5, 5.41) is 4.17. The van der Waals surface area contributed by atoms with E-state index in [0.717, 1.165) is 22.6 Å². The number of carbonyl (C=O) groups excluding carboxylic acids is 1. The minimum atomic E-state index is -0.238. The number of amides is 1. The summed E-state index contributed by atoms with van der Waals surface area (Å²) in [6, 6.07) is 6.08. The molecule has 0 spiro atoms. The molecule has 1 aromatic carbocycles. The topological polar surface area (TPSA) is 52.2 Å². The van der Waals surface area contributed by atoms with Crippen molar-refractivity contribution in [1.82, 2.24) is 14.3 Å². The lowest BCUT2D eigenvalue weighted by molar-refractivity contribution is 0.0987. The zero-order chi connectivity index (χ0) is 18.0. The number of nitrogens with zero attached hydrogens (tertiary/aromatic N) is 4. The molecule has 0 bridgehead atoms. The fourth-order valence-electron chi connectivity index (χ4n) is 2.91. The SMILES string of the molecule is CCn1nccc1C(=O)N=c1sc2c(C)cc(C)cc2n1CCSC. The van der Waals surface area contributed by atoms with Crippen LogP contribution in [0.5, 0.6) is 0 Å². The number of fused-ring (bicyclic) bond motifs is 1. The van der Waals surface area contributed by atoms with Gasteiger partial charge in [0.2, 0.25) is 0 Å². The van der Waals surface area contributed by atoms with Crippen LogP contribution in [0.15, 0.2) is 29.4 Å². The maximum Gasteiger partial charge on any atom is 0.297 e. The third kappa shape index (κ3) is 3.57. The van der Waals surface area contributed by atoms with Crippen LogP contribution in [0.3, 0.4) is 0 Å². The molecule has 2 heterocycles. The Morgan fingerprint density at radius 1 is 1.36 bits per heavy atom. The summed E-state index contributed by atoms with van der Waals surface area (Å²) < 4.78 is 5.05. The predicted octanol–water partition coefficient (Wildman–Crippen LogP) is 3.64. The molecule has 0 aliphatic rings. The van der Waals surface area contributed by atoms with Gasteiger partial charge in [0.05, 0.1) is 10.2 Å². The summed E-state index contributed by atoms with van der Waals surface area (Å²) in [7, 11) is 0. The van der Waals surface area contributed by atoms with Crippen molar-refractivity contribution in [3.05, 3.63) is 46.0 Å². The molecule has 0 aliphatic carbocycles. The molecule has 0 unspecified atom stereocenters. The molecular formula is C18H22N4OS2. The molecule has 0 fully saturated rings. The second-order valence-corrected chi connectivity index (χ2v) is 7.87. The first-order valence-electron chi connectivity index (χ1n) is 8.25. The third-order valence-electron chi connectivity index (χ3n) is 4.07. The minimum absolute atomic E-state index is 0.238. The molecule has 2 aromatic heterocycles. The second kappa shape index (κ2) is 7.58. The molecule has 0 N–H and O–H groups in total. The van der Waals surface area contributed by atoms with Crippen LogP contribution in [0, 0.1) is 13.8 Å². The quantitative estimate of drug-likeness (QED) is 0.685. The molecule has 132 valence electrons. The van der Waals surface area contributed by atoms with Gasteiger partial charge in [0.25, 0.3) is 5.91 Å². The lowest BCUT2D eigenvalue weighted by Gasteiger charge is -2.05. The molecule has 0 saturated heterocycles. The number of carbonyl (C=O) groups is 1. The Morgan fingerprint density at radius 3 is 2.88 bits per heavy atom. The van der Waals surface area contributed by atoms with Gasteiger partial charge in [0, 0.05) is 25.0 Å². The molecule has 0 radical (unpaired) electrons. The Balaban J connectivity index is 2.17. The Bertz CT molecular complexity index is 981. The van der Waals surface area contributed by atoms with Gasteiger partial charge in [-0.2, -0.15) is 21.9 Å². The van der Waals surface area contributed by atoms with Crippen LogP contribution in [-0.4, -0.2) is 32.3 Å². The van der Waals surface area contributed by atoms with Crippen molar-refractivity contribution in [1.29, 1.82) is 0 Å². The van der Waals surface area contributed by atoms with Crippen molar-refractivity contribution in [2.45, 2.75) is 33.9 Å². The smallest absolute Gasteiger partial charge is 0.297 e. The highest BCUT2D eigenvalue weighted by Gasteiger charge is 2.13. The first-order valence-corrected chi connectivity index (χ1v) is 10.5. The molecule has 7 heteroatoms. The molecule has 1 amide bonds. The molecular weight excluding hydrogens is 352 g/mol. The van der Waals surface area contributed by atoms with E-state index in [4.69, 9.17) is 0 Å². The van der Waals surface area contributed by atoms with Crippen LogP contribution in [-0.2, 0) is 13.1 Å². The van der Waals surface area contributed by atoms with Crippen LogP contribution in [0.1, 0.15) is 28.5 Å². The van der Waals surface area contributed by atoms with Gasteiger partial charge in [0.1, 0.15) is 5.69 Å². The lowest BCUT2D eigenvalue weighted by atomic mass is 10.1. The summed E-state index contributed by atoms with van der Waals surface area (Å²) in [5.74, 6) is 0.741. The lowest BCUT2D eigenvalue weighted by Crippen LogP contribution is -2.19. The molecule has 3 rings (SSSR count). The molecule has 3 aromatic rings. The number of aromatic nitrogens is 3. The highest BCUT2D eigenvalue weighted by molar-refractivity contribution is 7.98.